The zero-order chi connectivity index (χ0) is 19.9. The van der Waals surface area contributed by atoms with Gasteiger partial charge in [0.2, 0.25) is 5.95 Å². The predicted octanol–water partition coefficient (Wildman–Crippen LogP) is 7.27. The summed E-state index contributed by atoms with van der Waals surface area (Å²) in [6.45, 7) is 2.26. The number of rotatable bonds is 5. The number of hydrogen-bond donors (Lipinski definition) is 0. The molecule has 3 rings (SSSR count). The fourth-order valence-corrected chi connectivity index (χ4v) is 4.15. The van der Waals surface area contributed by atoms with Gasteiger partial charge in [-0.15, -0.1) is 0 Å². The van der Waals surface area contributed by atoms with Gasteiger partial charge in [-0.2, -0.15) is 4.39 Å². The summed E-state index contributed by atoms with van der Waals surface area (Å²) >= 11 is 5.83. The van der Waals surface area contributed by atoms with Crippen LogP contribution >= 0.6 is 11.6 Å². The van der Waals surface area contributed by atoms with E-state index < -0.39 is 11.8 Å². The summed E-state index contributed by atoms with van der Waals surface area (Å²) < 4.78 is 26.3. The lowest BCUT2D eigenvalue weighted by Crippen LogP contribution is -2.13. The summed E-state index contributed by atoms with van der Waals surface area (Å²) in [5.41, 5.74) is 2.37. The molecule has 28 heavy (non-hydrogen) atoms. The van der Waals surface area contributed by atoms with Gasteiger partial charge in [0.25, 0.3) is 0 Å². The minimum Gasteiger partial charge on any atom is -0.204 e. The maximum absolute atomic E-state index is 13.3. The fraction of sp³-hybridized carbons (Fsp3) is 0.458. The van der Waals surface area contributed by atoms with Crippen molar-refractivity contribution in [3.8, 4) is 11.8 Å². The van der Waals surface area contributed by atoms with Crippen LogP contribution in [0.2, 0.25) is 5.15 Å². The lowest BCUT2D eigenvalue weighted by molar-refractivity contribution is 0.303. The van der Waals surface area contributed by atoms with Crippen LogP contribution in [0, 0.1) is 29.5 Å². The zero-order valence-electron chi connectivity index (χ0n) is 16.3. The van der Waals surface area contributed by atoms with E-state index in [9.17, 15) is 8.78 Å². The van der Waals surface area contributed by atoms with Crippen LogP contribution in [-0.4, -0.2) is 4.98 Å². The standard InChI is InChI=1S/C24H26ClF2N/c1-2-3-4-5-17-6-11-19(12-7-17)20-13-8-18(9-14-20)10-15-21-16-22(26)24(27)28-23(21)25/h8-9,13-14,16-17,19H,2-7,11-12H2,1H3/t17-,19-. The Hall–Kier alpha value is -1.92. The monoisotopic (exact) mass is 401 g/mol. The number of benzene rings is 1. The van der Waals surface area contributed by atoms with E-state index in [-0.39, 0.29) is 10.7 Å². The SMILES string of the molecule is CCCCC[C@H]1CC[C@H](c2ccc(C#Cc3cc(F)c(F)nc3Cl)cc2)CC1. The molecular formula is C24H26ClF2N. The van der Waals surface area contributed by atoms with E-state index in [1.54, 1.807) is 0 Å². The van der Waals surface area contributed by atoms with Gasteiger partial charge in [-0.25, -0.2) is 9.37 Å². The first kappa shape index (κ1) is 20.8. The van der Waals surface area contributed by atoms with Crippen molar-refractivity contribution >= 4 is 11.6 Å². The van der Waals surface area contributed by atoms with Gasteiger partial charge in [0.15, 0.2) is 5.82 Å². The van der Waals surface area contributed by atoms with Gasteiger partial charge in [0.1, 0.15) is 5.15 Å². The number of pyridine rings is 1. The normalized spacial score (nSPS) is 19.1. The van der Waals surface area contributed by atoms with Gasteiger partial charge in [0, 0.05) is 5.56 Å². The number of unbranched alkanes of at least 4 members (excludes halogenated alkanes) is 2. The first-order chi connectivity index (χ1) is 13.6. The van der Waals surface area contributed by atoms with Gasteiger partial charge in [-0.05, 0) is 61.3 Å². The molecule has 1 aromatic carbocycles. The van der Waals surface area contributed by atoms with E-state index in [2.05, 4.69) is 35.9 Å². The zero-order valence-corrected chi connectivity index (χ0v) is 17.0. The summed E-state index contributed by atoms with van der Waals surface area (Å²) in [4.78, 5) is 3.31. The largest absolute Gasteiger partial charge is 0.250 e. The first-order valence-electron chi connectivity index (χ1n) is 10.2. The summed E-state index contributed by atoms with van der Waals surface area (Å²) in [6, 6.07) is 9.22. The molecule has 0 atom stereocenters. The third-order valence-electron chi connectivity index (χ3n) is 5.67. The second-order valence-corrected chi connectivity index (χ2v) is 8.04. The number of nitrogens with zero attached hydrogens (tertiary/aromatic N) is 1. The van der Waals surface area contributed by atoms with Crippen molar-refractivity contribution in [2.24, 2.45) is 5.92 Å². The van der Waals surface area contributed by atoms with Crippen LogP contribution in [-0.2, 0) is 0 Å². The highest BCUT2D eigenvalue weighted by Gasteiger charge is 2.21. The number of hydrogen-bond acceptors (Lipinski definition) is 1. The van der Waals surface area contributed by atoms with E-state index in [1.165, 1.54) is 56.9 Å². The summed E-state index contributed by atoms with van der Waals surface area (Å²) in [5, 5.41) is -0.126. The quantitative estimate of drug-likeness (QED) is 0.291. The Labute approximate surface area is 171 Å². The Morgan fingerprint density at radius 3 is 2.43 bits per heavy atom. The topological polar surface area (TPSA) is 12.9 Å². The van der Waals surface area contributed by atoms with Crippen molar-refractivity contribution in [2.75, 3.05) is 0 Å². The molecular weight excluding hydrogens is 376 g/mol. The van der Waals surface area contributed by atoms with E-state index in [0.29, 0.717) is 5.92 Å². The highest BCUT2D eigenvalue weighted by atomic mass is 35.5. The van der Waals surface area contributed by atoms with Gasteiger partial charge < -0.3 is 0 Å². The van der Waals surface area contributed by atoms with E-state index >= 15 is 0 Å². The highest BCUT2D eigenvalue weighted by molar-refractivity contribution is 6.30. The lowest BCUT2D eigenvalue weighted by Gasteiger charge is -2.29. The minimum absolute atomic E-state index is 0.126. The lowest BCUT2D eigenvalue weighted by atomic mass is 9.77. The second-order valence-electron chi connectivity index (χ2n) is 7.68. The number of halogens is 3. The van der Waals surface area contributed by atoms with Crippen molar-refractivity contribution in [1.29, 1.82) is 0 Å². The van der Waals surface area contributed by atoms with Crippen LogP contribution < -0.4 is 0 Å². The molecule has 0 unspecified atom stereocenters. The molecule has 1 aromatic heterocycles. The molecule has 1 heterocycles. The first-order valence-corrected chi connectivity index (χ1v) is 10.6. The van der Waals surface area contributed by atoms with Gasteiger partial charge >= 0.3 is 0 Å². The molecule has 1 nitrogen and oxygen atoms in total. The molecule has 148 valence electrons. The summed E-state index contributed by atoms with van der Waals surface area (Å²) in [6.07, 6.45) is 10.6. The van der Waals surface area contributed by atoms with Crippen molar-refractivity contribution in [3.05, 3.63) is 63.9 Å². The third-order valence-corrected chi connectivity index (χ3v) is 5.96. The van der Waals surface area contributed by atoms with E-state index in [1.807, 2.05) is 12.1 Å². The van der Waals surface area contributed by atoms with Crippen molar-refractivity contribution in [2.45, 2.75) is 64.2 Å². The molecule has 1 saturated carbocycles. The molecule has 0 saturated heterocycles. The molecule has 0 N–H and O–H groups in total. The molecule has 1 aliphatic carbocycles. The second kappa shape index (κ2) is 10.0. The van der Waals surface area contributed by atoms with Gasteiger partial charge in [0.05, 0.1) is 5.56 Å². The van der Waals surface area contributed by atoms with Crippen LogP contribution in [0.15, 0.2) is 30.3 Å². The van der Waals surface area contributed by atoms with Gasteiger partial charge in [-0.1, -0.05) is 68.2 Å². The average molecular weight is 402 g/mol. The molecule has 0 amide bonds. The summed E-state index contributed by atoms with van der Waals surface area (Å²) in [5.74, 6) is 5.01. The molecule has 1 aliphatic rings. The molecule has 0 spiro atoms. The molecule has 4 heteroatoms. The van der Waals surface area contributed by atoms with Crippen LogP contribution in [0.3, 0.4) is 0 Å². The Morgan fingerprint density at radius 2 is 1.75 bits per heavy atom. The maximum Gasteiger partial charge on any atom is 0.250 e. The van der Waals surface area contributed by atoms with Crippen molar-refractivity contribution < 1.29 is 8.78 Å². The fourth-order valence-electron chi connectivity index (χ4n) is 3.98. The van der Waals surface area contributed by atoms with Gasteiger partial charge in [-0.3, -0.25) is 0 Å². The van der Waals surface area contributed by atoms with E-state index in [4.69, 9.17) is 11.6 Å². The third kappa shape index (κ3) is 5.55. The Balaban J connectivity index is 1.59. The highest BCUT2D eigenvalue weighted by Crippen LogP contribution is 2.37. The Morgan fingerprint density at radius 1 is 1.04 bits per heavy atom. The van der Waals surface area contributed by atoms with Crippen molar-refractivity contribution in [1.82, 2.24) is 4.98 Å². The number of aromatic nitrogens is 1. The smallest absolute Gasteiger partial charge is 0.204 e. The molecule has 0 bridgehead atoms. The Bertz CT molecular complexity index is 843. The van der Waals surface area contributed by atoms with Crippen LogP contribution in [0.1, 0.15) is 80.9 Å². The Kier molecular flexibility index (Phi) is 7.45. The molecule has 0 aliphatic heterocycles. The van der Waals surface area contributed by atoms with E-state index in [0.717, 1.165) is 17.5 Å². The van der Waals surface area contributed by atoms with Crippen LogP contribution in [0.5, 0.6) is 0 Å². The average Bonchev–Trinajstić information content (AvgIpc) is 2.71. The molecule has 0 radical (unpaired) electrons. The molecule has 2 aromatic rings. The predicted molar refractivity (Wildman–Crippen MR) is 110 cm³/mol. The summed E-state index contributed by atoms with van der Waals surface area (Å²) in [7, 11) is 0. The van der Waals surface area contributed by atoms with Crippen molar-refractivity contribution in [3.63, 3.8) is 0 Å². The van der Waals surface area contributed by atoms with Crippen LogP contribution in [0.25, 0.3) is 0 Å². The molecule has 1 fully saturated rings. The van der Waals surface area contributed by atoms with Crippen LogP contribution in [0.4, 0.5) is 8.78 Å². The maximum atomic E-state index is 13.3. The minimum atomic E-state index is -1.21.